The quantitative estimate of drug-likeness (QED) is 0.718. The van der Waals surface area contributed by atoms with Gasteiger partial charge in [-0.2, -0.15) is 10.1 Å². The maximum Gasteiger partial charge on any atom is 0.317 e. The molecule has 2 N–H and O–H groups in total. The highest BCUT2D eigenvalue weighted by atomic mass is 16.2. The lowest BCUT2D eigenvalue weighted by molar-refractivity contribution is 0.194. The summed E-state index contributed by atoms with van der Waals surface area (Å²) in [5, 5.41) is 7.58. The van der Waals surface area contributed by atoms with E-state index in [4.69, 9.17) is 0 Å². The van der Waals surface area contributed by atoms with E-state index >= 15 is 0 Å². The van der Waals surface area contributed by atoms with Crippen LogP contribution in [0.1, 0.15) is 6.92 Å². The smallest absolute Gasteiger partial charge is 0.317 e. The number of benzene rings is 1. The minimum absolute atomic E-state index is 0.0591. The van der Waals surface area contributed by atoms with Crippen molar-refractivity contribution in [2.45, 2.75) is 6.92 Å². The Labute approximate surface area is 155 Å². The fraction of sp³-hybridized carbons (Fsp3) is 0.333. The predicted molar refractivity (Wildman–Crippen MR) is 102 cm³/mol. The van der Waals surface area contributed by atoms with Gasteiger partial charge in [-0.3, -0.25) is 9.78 Å². The van der Waals surface area contributed by atoms with Crippen LogP contribution in [0.3, 0.4) is 0 Å². The lowest BCUT2D eigenvalue weighted by Crippen LogP contribution is -2.52. The lowest BCUT2D eigenvalue weighted by Gasteiger charge is -2.34. The number of piperazine rings is 1. The Morgan fingerprint density at radius 1 is 1.19 bits per heavy atom. The van der Waals surface area contributed by atoms with Gasteiger partial charge in [0.1, 0.15) is 5.39 Å². The molecule has 0 radical (unpaired) electrons. The van der Waals surface area contributed by atoms with Crippen molar-refractivity contribution in [2.24, 2.45) is 0 Å². The number of nitrogens with one attached hydrogen (secondary N) is 2. The summed E-state index contributed by atoms with van der Waals surface area (Å²) in [6.45, 7) is 4.86. The van der Waals surface area contributed by atoms with E-state index in [-0.39, 0.29) is 11.6 Å². The molecule has 1 aliphatic heterocycles. The number of H-pyrrole nitrogens is 1. The average molecular weight is 367 g/mol. The molecule has 140 valence electrons. The Hall–Kier alpha value is -3.36. The van der Waals surface area contributed by atoms with Crippen molar-refractivity contribution >= 4 is 23.0 Å². The van der Waals surface area contributed by atoms with Crippen molar-refractivity contribution in [1.29, 1.82) is 0 Å². The number of fused-ring (bicyclic) bond motifs is 1. The summed E-state index contributed by atoms with van der Waals surface area (Å²) in [4.78, 5) is 35.7. The fourth-order valence-electron chi connectivity index (χ4n) is 3.20. The second-order valence-electron chi connectivity index (χ2n) is 6.33. The minimum atomic E-state index is -0.219. The second-order valence-corrected chi connectivity index (χ2v) is 6.33. The van der Waals surface area contributed by atoms with Crippen molar-refractivity contribution < 1.29 is 4.79 Å². The Morgan fingerprint density at radius 3 is 2.63 bits per heavy atom. The molecule has 0 unspecified atom stereocenters. The molecule has 1 fully saturated rings. The molecule has 1 aliphatic rings. The standard InChI is InChI=1S/C18H21N7O2/c1-2-19-18(27)24-10-8-23(9-11-24)17-21-15-14(16(26)22-17)12-20-25(15)13-6-4-3-5-7-13/h3-7,12H,2,8-11H2,1H3,(H,19,27)(H,21,22,26). The first-order valence-corrected chi connectivity index (χ1v) is 8.98. The van der Waals surface area contributed by atoms with E-state index in [1.54, 1.807) is 9.58 Å². The van der Waals surface area contributed by atoms with Crippen molar-refractivity contribution in [1.82, 2.24) is 30.0 Å². The number of anilines is 1. The van der Waals surface area contributed by atoms with E-state index in [0.717, 1.165) is 5.69 Å². The second kappa shape index (κ2) is 7.10. The van der Waals surface area contributed by atoms with Gasteiger partial charge in [0.2, 0.25) is 5.95 Å². The lowest BCUT2D eigenvalue weighted by atomic mass is 10.3. The van der Waals surface area contributed by atoms with Gasteiger partial charge in [0.05, 0.1) is 11.9 Å². The van der Waals surface area contributed by atoms with Gasteiger partial charge in [-0.05, 0) is 19.1 Å². The third kappa shape index (κ3) is 3.23. The van der Waals surface area contributed by atoms with Crippen LogP contribution in [0.15, 0.2) is 41.3 Å². The van der Waals surface area contributed by atoms with Crippen LogP contribution >= 0.6 is 0 Å². The number of hydrogen-bond acceptors (Lipinski definition) is 5. The summed E-state index contributed by atoms with van der Waals surface area (Å²) < 4.78 is 1.67. The topological polar surface area (TPSA) is 99.2 Å². The number of amides is 2. The summed E-state index contributed by atoms with van der Waals surface area (Å²) in [6.07, 6.45) is 1.53. The Kier molecular flexibility index (Phi) is 4.49. The highest BCUT2D eigenvalue weighted by Crippen LogP contribution is 2.17. The molecule has 0 aliphatic carbocycles. The van der Waals surface area contributed by atoms with Gasteiger partial charge < -0.3 is 15.1 Å². The van der Waals surface area contributed by atoms with E-state index < -0.39 is 0 Å². The molecule has 2 aromatic heterocycles. The summed E-state index contributed by atoms with van der Waals surface area (Å²) in [7, 11) is 0. The SMILES string of the molecule is CCNC(=O)N1CCN(c2nc3c(cnn3-c3ccccc3)c(=O)[nH]2)CC1. The molecule has 2 amide bonds. The number of hydrogen-bond donors (Lipinski definition) is 2. The number of aromatic amines is 1. The monoisotopic (exact) mass is 367 g/mol. The molecule has 3 heterocycles. The van der Waals surface area contributed by atoms with Gasteiger partial charge in [-0.25, -0.2) is 9.48 Å². The van der Waals surface area contributed by atoms with Crippen LogP contribution < -0.4 is 15.8 Å². The minimum Gasteiger partial charge on any atom is -0.339 e. The molecule has 0 bridgehead atoms. The fourth-order valence-corrected chi connectivity index (χ4v) is 3.20. The number of aromatic nitrogens is 4. The number of nitrogens with zero attached hydrogens (tertiary/aromatic N) is 5. The van der Waals surface area contributed by atoms with Gasteiger partial charge in [-0.1, -0.05) is 18.2 Å². The van der Waals surface area contributed by atoms with Crippen molar-refractivity contribution in [3.8, 4) is 5.69 Å². The number of rotatable bonds is 3. The third-order valence-electron chi connectivity index (χ3n) is 4.62. The van der Waals surface area contributed by atoms with Gasteiger partial charge in [0.25, 0.3) is 5.56 Å². The molecule has 1 saturated heterocycles. The number of urea groups is 1. The molecule has 0 saturated carbocycles. The predicted octanol–water partition coefficient (Wildman–Crippen LogP) is 0.960. The van der Waals surface area contributed by atoms with Crippen molar-refractivity contribution in [3.05, 3.63) is 46.9 Å². The van der Waals surface area contributed by atoms with E-state index in [1.807, 2.05) is 42.2 Å². The number of para-hydroxylation sites is 1. The van der Waals surface area contributed by atoms with Crippen LogP contribution in [0.2, 0.25) is 0 Å². The largest absolute Gasteiger partial charge is 0.339 e. The van der Waals surface area contributed by atoms with E-state index in [0.29, 0.717) is 49.7 Å². The van der Waals surface area contributed by atoms with Crippen molar-refractivity contribution in [3.63, 3.8) is 0 Å². The first-order valence-electron chi connectivity index (χ1n) is 8.98. The molecular weight excluding hydrogens is 346 g/mol. The molecule has 1 aromatic carbocycles. The van der Waals surface area contributed by atoms with Crippen LogP contribution in [0.5, 0.6) is 0 Å². The van der Waals surface area contributed by atoms with Crippen LogP contribution in [-0.4, -0.2) is 63.4 Å². The van der Waals surface area contributed by atoms with E-state index in [1.165, 1.54) is 6.20 Å². The summed E-state index contributed by atoms with van der Waals surface area (Å²) >= 11 is 0. The maximum absolute atomic E-state index is 12.5. The third-order valence-corrected chi connectivity index (χ3v) is 4.62. The summed E-state index contributed by atoms with van der Waals surface area (Å²) in [5.41, 5.74) is 1.15. The molecule has 27 heavy (non-hydrogen) atoms. The highest BCUT2D eigenvalue weighted by molar-refractivity contribution is 5.76. The first-order chi connectivity index (χ1) is 13.2. The van der Waals surface area contributed by atoms with Crippen LogP contribution in [-0.2, 0) is 0 Å². The van der Waals surface area contributed by atoms with E-state index in [2.05, 4.69) is 20.4 Å². The molecule has 0 spiro atoms. The maximum atomic E-state index is 12.5. The Morgan fingerprint density at radius 2 is 1.93 bits per heavy atom. The molecule has 4 rings (SSSR count). The highest BCUT2D eigenvalue weighted by Gasteiger charge is 2.23. The Balaban J connectivity index is 1.62. The van der Waals surface area contributed by atoms with Crippen molar-refractivity contribution in [2.75, 3.05) is 37.6 Å². The number of carbonyl (C=O) groups excluding carboxylic acids is 1. The normalized spacial score (nSPS) is 14.6. The van der Waals surface area contributed by atoms with Gasteiger partial charge >= 0.3 is 6.03 Å². The molecule has 9 nitrogen and oxygen atoms in total. The zero-order valence-corrected chi connectivity index (χ0v) is 15.1. The van der Waals surface area contributed by atoms with Crippen LogP contribution in [0.25, 0.3) is 16.7 Å². The average Bonchev–Trinajstić information content (AvgIpc) is 3.13. The van der Waals surface area contributed by atoms with Crippen LogP contribution in [0, 0.1) is 0 Å². The van der Waals surface area contributed by atoms with E-state index in [9.17, 15) is 9.59 Å². The summed E-state index contributed by atoms with van der Waals surface area (Å²) in [5.74, 6) is 0.501. The molecule has 3 aromatic rings. The van der Waals surface area contributed by atoms with Crippen LogP contribution in [0.4, 0.5) is 10.7 Å². The molecule has 0 atom stereocenters. The summed E-state index contributed by atoms with van der Waals surface area (Å²) in [6, 6.07) is 9.53. The number of carbonyl (C=O) groups is 1. The van der Waals surface area contributed by atoms with Gasteiger partial charge in [0, 0.05) is 32.7 Å². The Bertz CT molecular complexity index is 1000. The van der Waals surface area contributed by atoms with Gasteiger partial charge in [-0.15, -0.1) is 0 Å². The zero-order valence-electron chi connectivity index (χ0n) is 15.1. The molecule has 9 heteroatoms. The first kappa shape index (κ1) is 17.1. The van der Waals surface area contributed by atoms with Gasteiger partial charge in [0.15, 0.2) is 5.65 Å². The molecular formula is C18H21N7O2. The zero-order chi connectivity index (χ0) is 18.8.